The molecule has 0 atom stereocenters. The molecule has 2 aliphatic rings. The molecule has 0 unspecified atom stereocenters. The summed E-state index contributed by atoms with van der Waals surface area (Å²) < 4.78 is 1.000. The van der Waals surface area contributed by atoms with E-state index < -0.39 is 0 Å². The number of nitrogens with one attached hydrogen (secondary N) is 1. The third-order valence-corrected chi connectivity index (χ3v) is 4.39. The highest BCUT2D eigenvalue weighted by molar-refractivity contribution is 9.10. The van der Waals surface area contributed by atoms with Crippen LogP contribution in [-0.2, 0) is 0 Å². The van der Waals surface area contributed by atoms with Crippen molar-refractivity contribution in [1.82, 2.24) is 15.3 Å². The molecule has 5 heteroatoms. The summed E-state index contributed by atoms with van der Waals surface area (Å²) in [7, 11) is 0. The predicted octanol–water partition coefficient (Wildman–Crippen LogP) is 2.21. The van der Waals surface area contributed by atoms with Crippen molar-refractivity contribution < 1.29 is 0 Å². The van der Waals surface area contributed by atoms with E-state index >= 15 is 0 Å². The minimum atomic E-state index is 0.832. The molecule has 0 bridgehead atoms. The van der Waals surface area contributed by atoms with Gasteiger partial charge in [0.15, 0.2) is 0 Å². The monoisotopic (exact) mass is 310 g/mol. The van der Waals surface area contributed by atoms with Gasteiger partial charge in [-0.05, 0) is 54.1 Å². The molecule has 0 aromatic carbocycles. The average Bonchev–Trinajstić information content (AvgIpc) is 3.22. The highest BCUT2D eigenvalue weighted by atomic mass is 79.9. The van der Waals surface area contributed by atoms with E-state index in [0.29, 0.717) is 0 Å². The number of hydrogen-bond donors (Lipinski definition) is 1. The maximum absolute atomic E-state index is 4.36. The number of piperidine rings is 1. The van der Waals surface area contributed by atoms with Crippen molar-refractivity contribution in [3.63, 3.8) is 0 Å². The van der Waals surface area contributed by atoms with Gasteiger partial charge in [0.1, 0.15) is 12.1 Å². The largest absolute Gasteiger partial charge is 0.356 e. The van der Waals surface area contributed by atoms with Crippen LogP contribution in [0, 0.1) is 5.92 Å². The van der Waals surface area contributed by atoms with Crippen LogP contribution in [0.15, 0.2) is 17.0 Å². The van der Waals surface area contributed by atoms with Crippen LogP contribution < -0.4 is 10.2 Å². The number of hydrogen-bond acceptors (Lipinski definition) is 4. The summed E-state index contributed by atoms with van der Waals surface area (Å²) in [6.45, 7) is 3.41. The standard InChI is InChI=1S/C13H19BrN4/c14-12-8-15-9-17-13(12)18-5-3-10(4-6-18)7-16-11-1-2-11/h8-11,16H,1-7H2. The van der Waals surface area contributed by atoms with E-state index in [1.165, 1.54) is 32.2 Å². The zero-order chi connectivity index (χ0) is 12.4. The Kier molecular flexibility index (Phi) is 3.80. The second-order valence-corrected chi connectivity index (χ2v) is 6.16. The Morgan fingerprint density at radius 1 is 1.28 bits per heavy atom. The van der Waals surface area contributed by atoms with Crippen molar-refractivity contribution in [3.05, 3.63) is 17.0 Å². The van der Waals surface area contributed by atoms with Crippen LogP contribution in [0.25, 0.3) is 0 Å². The maximum Gasteiger partial charge on any atom is 0.146 e. The Bertz CT molecular complexity index is 400. The fourth-order valence-corrected chi connectivity index (χ4v) is 2.98. The molecule has 1 N–H and O–H groups in total. The third kappa shape index (κ3) is 3.01. The summed E-state index contributed by atoms with van der Waals surface area (Å²) in [5.41, 5.74) is 0. The van der Waals surface area contributed by atoms with E-state index in [-0.39, 0.29) is 0 Å². The third-order valence-electron chi connectivity index (χ3n) is 3.83. The molecule has 98 valence electrons. The van der Waals surface area contributed by atoms with Crippen molar-refractivity contribution in [3.8, 4) is 0 Å². The lowest BCUT2D eigenvalue weighted by Crippen LogP contribution is -2.38. The first-order valence-electron chi connectivity index (χ1n) is 6.77. The van der Waals surface area contributed by atoms with Gasteiger partial charge in [-0.25, -0.2) is 9.97 Å². The topological polar surface area (TPSA) is 41.1 Å². The summed E-state index contributed by atoms with van der Waals surface area (Å²) >= 11 is 3.53. The second kappa shape index (κ2) is 5.53. The molecule has 0 amide bonds. The Hall–Kier alpha value is -0.680. The van der Waals surface area contributed by atoms with Crippen LogP contribution >= 0.6 is 15.9 Å². The summed E-state index contributed by atoms with van der Waals surface area (Å²) in [6, 6.07) is 0.832. The van der Waals surface area contributed by atoms with Gasteiger partial charge in [-0.3, -0.25) is 0 Å². The quantitative estimate of drug-likeness (QED) is 0.925. The van der Waals surface area contributed by atoms with E-state index in [1.807, 2.05) is 6.20 Å². The molecular formula is C13H19BrN4. The number of anilines is 1. The van der Waals surface area contributed by atoms with Crippen molar-refractivity contribution in [1.29, 1.82) is 0 Å². The summed E-state index contributed by atoms with van der Waals surface area (Å²) in [6.07, 6.45) is 8.73. The van der Waals surface area contributed by atoms with Gasteiger partial charge < -0.3 is 10.2 Å². The van der Waals surface area contributed by atoms with Crippen molar-refractivity contribution >= 4 is 21.7 Å². The van der Waals surface area contributed by atoms with Crippen LogP contribution in [0.3, 0.4) is 0 Å². The smallest absolute Gasteiger partial charge is 0.146 e. The molecule has 4 nitrogen and oxygen atoms in total. The van der Waals surface area contributed by atoms with Gasteiger partial charge in [0, 0.05) is 25.3 Å². The molecule has 1 aromatic rings. The van der Waals surface area contributed by atoms with Crippen molar-refractivity contribution in [2.24, 2.45) is 5.92 Å². The van der Waals surface area contributed by atoms with Crippen LogP contribution in [0.5, 0.6) is 0 Å². The van der Waals surface area contributed by atoms with Crippen molar-refractivity contribution in [2.75, 3.05) is 24.5 Å². The van der Waals surface area contributed by atoms with Crippen LogP contribution in [0.2, 0.25) is 0 Å². The van der Waals surface area contributed by atoms with Crippen molar-refractivity contribution in [2.45, 2.75) is 31.7 Å². The SMILES string of the molecule is Brc1cncnc1N1CCC(CNC2CC2)CC1. The lowest BCUT2D eigenvalue weighted by Gasteiger charge is -2.33. The number of nitrogens with zero attached hydrogens (tertiary/aromatic N) is 3. The molecule has 1 saturated carbocycles. The molecule has 1 aliphatic carbocycles. The average molecular weight is 311 g/mol. The molecule has 1 aromatic heterocycles. The molecule has 2 fully saturated rings. The highest BCUT2D eigenvalue weighted by Gasteiger charge is 2.25. The minimum absolute atomic E-state index is 0.832. The van der Waals surface area contributed by atoms with Gasteiger partial charge in [-0.1, -0.05) is 0 Å². The Labute approximate surface area is 116 Å². The van der Waals surface area contributed by atoms with E-state index in [2.05, 4.69) is 36.1 Å². The number of aromatic nitrogens is 2. The number of halogens is 1. The van der Waals surface area contributed by atoms with Gasteiger partial charge >= 0.3 is 0 Å². The van der Waals surface area contributed by atoms with Gasteiger partial charge in [0.05, 0.1) is 4.47 Å². The normalized spacial score (nSPS) is 21.3. The lowest BCUT2D eigenvalue weighted by atomic mass is 9.97. The molecule has 1 saturated heterocycles. The Balaban J connectivity index is 1.51. The first-order chi connectivity index (χ1) is 8.83. The van der Waals surface area contributed by atoms with E-state index in [0.717, 1.165) is 35.3 Å². The summed E-state index contributed by atoms with van der Waals surface area (Å²) in [4.78, 5) is 10.7. The fraction of sp³-hybridized carbons (Fsp3) is 0.692. The lowest BCUT2D eigenvalue weighted by molar-refractivity contribution is 0.380. The van der Waals surface area contributed by atoms with Crippen LogP contribution in [0.4, 0.5) is 5.82 Å². The van der Waals surface area contributed by atoms with Gasteiger partial charge in [-0.15, -0.1) is 0 Å². The molecular weight excluding hydrogens is 292 g/mol. The van der Waals surface area contributed by atoms with E-state index in [9.17, 15) is 0 Å². The molecule has 0 radical (unpaired) electrons. The summed E-state index contributed by atoms with van der Waals surface area (Å²) in [5, 5.41) is 3.64. The van der Waals surface area contributed by atoms with E-state index in [4.69, 9.17) is 0 Å². The summed E-state index contributed by atoms with van der Waals surface area (Å²) in [5.74, 6) is 1.88. The van der Waals surface area contributed by atoms with Gasteiger partial charge in [0.2, 0.25) is 0 Å². The fourth-order valence-electron chi connectivity index (χ4n) is 2.51. The van der Waals surface area contributed by atoms with Crippen LogP contribution in [-0.4, -0.2) is 35.6 Å². The van der Waals surface area contributed by atoms with Gasteiger partial charge in [0.25, 0.3) is 0 Å². The van der Waals surface area contributed by atoms with E-state index in [1.54, 1.807) is 6.33 Å². The second-order valence-electron chi connectivity index (χ2n) is 5.31. The first-order valence-corrected chi connectivity index (χ1v) is 7.56. The maximum atomic E-state index is 4.36. The molecule has 2 heterocycles. The molecule has 1 aliphatic heterocycles. The zero-order valence-electron chi connectivity index (χ0n) is 10.5. The van der Waals surface area contributed by atoms with Gasteiger partial charge in [-0.2, -0.15) is 0 Å². The first kappa shape index (κ1) is 12.4. The Morgan fingerprint density at radius 3 is 2.72 bits per heavy atom. The Morgan fingerprint density at radius 2 is 2.06 bits per heavy atom. The number of rotatable bonds is 4. The van der Waals surface area contributed by atoms with Crippen LogP contribution in [0.1, 0.15) is 25.7 Å². The predicted molar refractivity (Wildman–Crippen MR) is 75.7 cm³/mol. The highest BCUT2D eigenvalue weighted by Crippen LogP contribution is 2.27. The molecule has 3 rings (SSSR count). The zero-order valence-corrected chi connectivity index (χ0v) is 12.1. The molecule has 18 heavy (non-hydrogen) atoms. The molecule has 0 spiro atoms. The minimum Gasteiger partial charge on any atom is -0.356 e.